The predicted octanol–water partition coefficient (Wildman–Crippen LogP) is 2.19. The number of hydrogen-bond donors (Lipinski definition) is 1. The van der Waals surface area contributed by atoms with Gasteiger partial charge < -0.3 is 9.88 Å². The Morgan fingerprint density at radius 2 is 1.93 bits per heavy atom. The van der Waals surface area contributed by atoms with Crippen LogP contribution >= 0.6 is 0 Å². The van der Waals surface area contributed by atoms with Crippen molar-refractivity contribution in [3.8, 4) is 0 Å². The molecule has 0 atom stereocenters. The second kappa shape index (κ2) is 7.41. The summed E-state index contributed by atoms with van der Waals surface area (Å²) < 4.78 is 3.76. The number of benzene rings is 2. The molecular weight excluding hydrogens is 340 g/mol. The average Bonchev–Trinajstić information content (AvgIpc) is 3.31. The maximum atomic E-state index is 12.4. The zero-order valence-electron chi connectivity index (χ0n) is 15.0. The van der Waals surface area contributed by atoms with Crippen molar-refractivity contribution in [3.05, 3.63) is 77.7 Å². The molecule has 1 N–H and O–H groups in total. The van der Waals surface area contributed by atoms with Gasteiger partial charge in [0.15, 0.2) is 0 Å². The van der Waals surface area contributed by atoms with Crippen LogP contribution < -0.4 is 5.32 Å². The van der Waals surface area contributed by atoms with Gasteiger partial charge in [0.1, 0.15) is 6.33 Å². The van der Waals surface area contributed by atoms with Crippen molar-refractivity contribution in [1.29, 1.82) is 0 Å². The molecule has 0 aliphatic rings. The summed E-state index contributed by atoms with van der Waals surface area (Å²) in [6.07, 6.45) is 4.49. The molecule has 0 spiro atoms. The van der Waals surface area contributed by atoms with Crippen LogP contribution in [0.3, 0.4) is 0 Å². The quantitative estimate of drug-likeness (QED) is 0.572. The van der Waals surface area contributed by atoms with Crippen molar-refractivity contribution in [2.24, 2.45) is 7.05 Å². The molecule has 2 aromatic carbocycles. The highest BCUT2D eigenvalue weighted by atomic mass is 16.1. The monoisotopic (exact) mass is 360 g/mol. The Balaban J connectivity index is 1.35. The topological polar surface area (TPSA) is 77.6 Å². The summed E-state index contributed by atoms with van der Waals surface area (Å²) in [7, 11) is 2.04. The molecular formula is C20H20N6O. The van der Waals surface area contributed by atoms with Crippen molar-refractivity contribution < 1.29 is 4.79 Å². The first kappa shape index (κ1) is 17.0. The highest BCUT2D eigenvalue weighted by Gasteiger charge is 2.08. The van der Waals surface area contributed by atoms with Gasteiger partial charge in [0.05, 0.1) is 6.54 Å². The molecule has 4 aromatic rings. The zero-order valence-corrected chi connectivity index (χ0v) is 15.0. The first-order valence-electron chi connectivity index (χ1n) is 8.81. The van der Waals surface area contributed by atoms with Crippen LogP contribution in [0.4, 0.5) is 0 Å². The highest BCUT2D eigenvalue weighted by molar-refractivity contribution is 5.94. The maximum absolute atomic E-state index is 12.4. The highest BCUT2D eigenvalue weighted by Crippen LogP contribution is 2.20. The van der Waals surface area contributed by atoms with Gasteiger partial charge in [-0.2, -0.15) is 0 Å². The summed E-state index contributed by atoms with van der Waals surface area (Å²) in [5.41, 5.74) is 4.13. The third-order valence-electron chi connectivity index (χ3n) is 4.61. The van der Waals surface area contributed by atoms with Crippen LogP contribution in [0.5, 0.6) is 0 Å². The lowest BCUT2D eigenvalue weighted by Gasteiger charge is -2.06. The zero-order chi connectivity index (χ0) is 18.6. The van der Waals surface area contributed by atoms with Gasteiger partial charge in [-0.05, 0) is 46.2 Å². The fourth-order valence-corrected chi connectivity index (χ4v) is 3.24. The van der Waals surface area contributed by atoms with Crippen LogP contribution in [0.1, 0.15) is 21.5 Å². The van der Waals surface area contributed by atoms with Crippen LogP contribution in [0.2, 0.25) is 0 Å². The van der Waals surface area contributed by atoms with E-state index in [0.717, 1.165) is 12.0 Å². The van der Waals surface area contributed by atoms with E-state index in [1.54, 1.807) is 11.0 Å². The molecule has 0 radical (unpaired) electrons. The van der Waals surface area contributed by atoms with Gasteiger partial charge in [0.25, 0.3) is 5.91 Å². The van der Waals surface area contributed by atoms with Crippen LogP contribution in [0.25, 0.3) is 10.9 Å². The first-order chi connectivity index (χ1) is 13.2. The van der Waals surface area contributed by atoms with Gasteiger partial charge in [-0.1, -0.05) is 30.3 Å². The average molecular weight is 360 g/mol. The number of amides is 1. The third-order valence-corrected chi connectivity index (χ3v) is 4.61. The number of aryl methyl sites for hydroxylation is 1. The molecule has 2 aromatic heterocycles. The summed E-state index contributed by atoms with van der Waals surface area (Å²) in [6, 6.07) is 15.8. The SMILES string of the molecule is Cn1cc(CCNC(=O)c2ccc(Cn3cnnn3)cc2)c2ccccc21. The second-order valence-corrected chi connectivity index (χ2v) is 6.49. The van der Waals surface area contributed by atoms with E-state index in [9.17, 15) is 4.79 Å². The normalized spacial score (nSPS) is 11.0. The molecule has 0 unspecified atom stereocenters. The van der Waals surface area contributed by atoms with Crippen LogP contribution in [-0.2, 0) is 20.0 Å². The lowest BCUT2D eigenvalue weighted by Crippen LogP contribution is -2.25. The van der Waals surface area contributed by atoms with E-state index in [-0.39, 0.29) is 5.91 Å². The molecule has 0 fully saturated rings. The van der Waals surface area contributed by atoms with Gasteiger partial charge >= 0.3 is 0 Å². The Bertz CT molecular complexity index is 1050. The van der Waals surface area contributed by atoms with Gasteiger partial charge in [-0.25, -0.2) is 4.68 Å². The smallest absolute Gasteiger partial charge is 0.251 e. The minimum Gasteiger partial charge on any atom is -0.352 e. The molecule has 7 heteroatoms. The number of fused-ring (bicyclic) bond motifs is 1. The number of nitrogens with one attached hydrogen (secondary N) is 1. The largest absolute Gasteiger partial charge is 0.352 e. The minimum absolute atomic E-state index is 0.0655. The van der Waals surface area contributed by atoms with Gasteiger partial charge in [0.2, 0.25) is 0 Å². The number of carbonyl (C=O) groups is 1. The van der Waals surface area contributed by atoms with Crippen molar-refractivity contribution in [2.75, 3.05) is 6.54 Å². The van der Waals surface area contributed by atoms with E-state index in [1.807, 2.05) is 43.4 Å². The number of nitrogens with zero attached hydrogens (tertiary/aromatic N) is 5. The molecule has 7 nitrogen and oxygen atoms in total. The first-order valence-corrected chi connectivity index (χ1v) is 8.81. The summed E-state index contributed by atoms with van der Waals surface area (Å²) in [5.74, 6) is -0.0655. The molecule has 0 aliphatic heterocycles. The molecule has 1 amide bonds. The molecule has 2 heterocycles. The fourth-order valence-electron chi connectivity index (χ4n) is 3.24. The molecule has 27 heavy (non-hydrogen) atoms. The van der Waals surface area contributed by atoms with Crippen LogP contribution in [0.15, 0.2) is 61.1 Å². The van der Waals surface area contributed by atoms with Gasteiger partial charge in [-0.15, -0.1) is 5.10 Å². The van der Waals surface area contributed by atoms with Crippen LogP contribution in [0, 0.1) is 0 Å². The van der Waals surface area contributed by atoms with E-state index < -0.39 is 0 Å². The summed E-state index contributed by atoms with van der Waals surface area (Å²) in [5, 5.41) is 15.3. The van der Waals surface area contributed by atoms with Crippen molar-refractivity contribution in [1.82, 2.24) is 30.1 Å². The number of aromatic nitrogens is 5. The number of tetrazole rings is 1. The lowest BCUT2D eigenvalue weighted by atomic mass is 10.1. The van der Waals surface area contributed by atoms with Crippen molar-refractivity contribution >= 4 is 16.8 Å². The van der Waals surface area contributed by atoms with E-state index >= 15 is 0 Å². The predicted molar refractivity (Wildman–Crippen MR) is 102 cm³/mol. The standard InChI is InChI=1S/C20H20N6O/c1-25-13-17(18-4-2-3-5-19(18)25)10-11-21-20(27)16-8-6-15(7-9-16)12-26-14-22-23-24-26/h2-9,13-14H,10-12H2,1H3,(H,21,27). The van der Waals surface area contributed by atoms with Crippen LogP contribution in [-0.4, -0.2) is 37.2 Å². The Kier molecular flexibility index (Phi) is 4.65. The molecule has 0 saturated carbocycles. The minimum atomic E-state index is -0.0655. The lowest BCUT2D eigenvalue weighted by molar-refractivity contribution is 0.0954. The molecule has 136 valence electrons. The molecule has 0 bridgehead atoms. The second-order valence-electron chi connectivity index (χ2n) is 6.49. The van der Waals surface area contributed by atoms with Crippen molar-refractivity contribution in [3.63, 3.8) is 0 Å². The van der Waals surface area contributed by atoms with Gasteiger partial charge in [0, 0.05) is 36.3 Å². The summed E-state index contributed by atoms with van der Waals surface area (Å²) in [4.78, 5) is 12.4. The summed E-state index contributed by atoms with van der Waals surface area (Å²) in [6.45, 7) is 1.18. The Labute approximate surface area is 156 Å². The Morgan fingerprint density at radius 1 is 1.11 bits per heavy atom. The molecule has 4 rings (SSSR count). The maximum Gasteiger partial charge on any atom is 0.251 e. The number of carbonyl (C=O) groups excluding carboxylic acids is 1. The molecule has 0 saturated heterocycles. The van der Waals surface area contributed by atoms with E-state index in [4.69, 9.17) is 0 Å². The van der Waals surface area contributed by atoms with E-state index in [0.29, 0.717) is 18.7 Å². The summed E-state index contributed by atoms with van der Waals surface area (Å²) >= 11 is 0. The van der Waals surface area contributed by atoms with E-state index in [2.05, 4.69) is 43.7 Å². The number of rotatable bonds is 6. The van der Waals surface area contributed by atoms with E-state index in [1.165, 1.54) is 16.5 Å². The Hall–Kier alpha value is -3.48. The molecule has 0 aliphatic carbocycles. The van der Waals surface area contributed by atoms with Gasteiger partial charge in [-0.3, -0.25) is 4.79 Å². The number of hydrogen-bond acceptors (Lipinski definition) is 4. The third kappa shape index (κ3) is 3.72. The number of para-hydroxylation sites is 1. The van der Waals surface area contributed by atoms with Crippen molar-refractivity contribution in [2.45, 2.75) is 13.0 Å². The fraction of sp³-hybridized carbons (Fsp3) is 0.200. The Morgan fingerprint density at radius 3 is 2.70 bits per heavy atom.